The first-order chi connectivity index (χ1) is 20.3. The molecule has 0 saturated carbocycles. The standard InChI is InChI=1S/C31H25F3N4O4/c1-41-11-10-38-27-14-21(31(39)40)6-8-26(27)36-28(38)15-19-4-5-20(13-25(19)34)30-23(32)7-9-29(37-30)42-17-22-3-2-18(16-35)12-24(22)33/h2-9,12-14,31,39-40H,10-11,15,17H2,1H3. The quantitative estimate of drug-likeness (QED) is 0.221. The second-order valence-electron chi connectivity index (χ2n) is 9.46. The maximum atomic E-state index is 15.4. The summed E-state index contributed by atoms with van der Waals surface area (Å²) in [6.45, 7) is 0.556. The largest absolute Gasteiger partial charge is 0.473 e. The predicted octanol–water partition coefficient (Wildman–Crippen LogP) is 5.19. The molecule has 2 N–H and O–H groups in total. The number of ether oxygens (including phenoxy) is 2. The Morgan fingerprint density at radius 1 is 0.905 bits per heavy atom. The molecule has 0 radical (unpaired) electrons. The average Bonchev–Trinajstić information content (AvgIpc) is 3.33. The second-order valence-corrected chi connectivity index (χ2v) is 9.46. The minimum atomic E-state index is -1.65. The zero-order valence-electron chi connectivity index (χ0n) is 22.4. The van der Waals surface area contributed by atoms with Crippen LogP contribution in [0.5, 0.6) is 5.88 Å². The van der Waals surface area contributed by atoms with Gasteiger partial charge in [-0.3, -0.25) is 0 Å². The summed E-state index contributed by atoms with van der Waals surface area (Å²) in [4.78, 5) is 8.78. The number of pyridine rings is 1. The van der Waals surface area contributed by atoms with E-state index in [0.717, 1.165) is 12.1 Å². The van der Waals surface area contributed by atoms with Crippen molar-refractivity contribution in [3.8, 4) is 23.2 Å². The van der Waals surface area contributed by atoms with Crippen molar-refractivity contribution in [3.63, 3.8) is 0 Å². The number of imidazole rings is 1. The van der Waals surface area contributed by atoms with E-state index in [1.54, 1.807) is 25.3 Å². The monoisotopic (exact) mass is 574 g/mol. The number of halogens is 3. The number of hydrogen-bond acceptors (Lipinski definition) is 7. The van der Waals surface area contributed by atoms with E-state index in [0.29, 0.717) is 41.1 Å². The van der Waals surface area contributed by atoms with Gasteiger partial charge in [0, 0.05) is 42.8 Å². The molecular formula is C31H25F3N4O4. The van der Waals surface area contributed by atoms with Gasteiger partial charge in [0.05, 0.1) is 29.3 Å². The van der Waals surface area contributed by atoms with Gasteiger partial charge in [0.15, 0.2) is 6.29 Å². The molecule has 0 saturated heterocycles. The van der Waals surface area contributed by atoms with Crippen molar-refractivity contribution in [2.24, 2.45) is 0 Å². The molecule has 2 aromatic heterocycles. The Balaban J connectivity index is 1.39. The fourth-order valence-corrected chi connectivity index (χ4v) is 4.52. The summed E-state index contributed by atoms with van der Waals surface area (Å²) in [5, 5.41) is 28.1. The molecule has 0 fully saturated rings. The number of methoxy groups -OCH3 is 1. The SMILES string of the molecule is COCCn1c(Cc2ccc(-c3nc(OCc4ccc(C#N)cc4F)ccc3F)cc2F)nc2ccc(C(O)O)cc21. The zero-order valence-corrected chi connectivity index (χ0v) is 22.4. The number of benzene rings is 3. The van der Waals surface area contributed by atoms with Gasteiger partial charge in [-0.25, -0.2) is 23.1 Å². The highest BCUT2D eigenvalue weighted by Crippen LogP contribution is 2.28. The molecule has 0 atom stereocenters. The van der Waals surface area contributed by atoms with Gasteiger partial charge in [0.1, 0.15) is 35.6 Å². The van der Waals surface area contributed by atoms with Crippen LogP contribution in [0.1, 0.15) is 34.4 Å². The molecule has 0 unspecified atom stereocenters. The number of aliphatic hydroxyl groups excluding tert-OH is 1. The van der Waals surface area contributed by atoms with Gasteiger partial charge in [0.25, 0.3) is 0 Å². The van der Waals surface area contributed by atoms with Crippen LogP contribution in [0.25, 0.3) is 22.3 Å². The van der Waals surface area contributed by atoms with E-state index in [9.17, 15) is 19.0 Å². The van der Waals surface area contributed by atoms with E-state index in [4.69, 9.17) is 14.7 Å². The van der Waals surface area contributed by atoms with Crippen molar-refractivity contribution in [2.45, 2.75) is 25.9 Å². The van der Waals surface area contributed by atoms with Gasteiger partial charge in [-0.1, -0.05) is 24.3 Å². The third-order valence-corrected chi connectivity index (χ3v) is 6.72. The molecule has 11 heteroatoms. The molecule has 42 heavy (non-hydrogen) atoms. The van der Waals surface area contributed by atoms with E-state index >= 15 is 4.39 Å². The first kappa shape index (κ1) is 28.8. The van der Waals surface area contributed by atoms with Crippen LogP contribution < -0.4 is 4.74 Å². The minimum Gasteiger partial charge on any atom is -0.473 e. The smallest absolute Gasteiger partial charge is 0.214 e. The summed E-state index contributed by atoms with van der Waals surface area (Å²) in [5.41, 5.74) is 2.26. The van der Waals surface area contributed by atoms with Crippen molar-refractivity contribution >= 4 is 11.0 Å². The number of nitriles is 1. The third-order valence-electron chi connectivity index (χ3n) is 6.72. The van der Waals surface area contributed by atoms with Crippen LogP contribution in [0.15, 0.2) is 66.7 Å². The molecule has 8 nitrogen and oxygen atoms in total. The van der Waals surface area contributed by atoms with Crippen molar-refractivity contribution in [2.75, 3.05) is 13.7 Å². The summed E-state index contributed by atoms with van der Waals surface area (Å²) in [7, 11) is 1.55. The molecule has 0 aliphatic carbocycles. The average molecular weight is 575 g/mol. The van der Waals surface area contributed by atoms with Gasteiger partial charge in [0.2, 0.25) is 5.88 Å². The van der Waals surface area contributed by atoms with E-state index in [2.05, 4.69) is 9.97 Å². The highest BCUT2D eigenvalue weighted by Gasteiger charge is 2.17. The number of aliphatic hydroxyl groups is 2. The van der Waals surface area contributed by atoms with Crippen LogP contribution in [0, 0.1) is 28.8 Å². The van der Waals surface area contributed by atoms with Crippen molar-refractivity contribution in [3.05, 3.63) is 112 Å². The molecule has 0 aliphatic heterocycles. The number of hydrogen-bond donors (Lipinski definition) is 2. The van der Waals surface area contributed by atoms with Crippen LogP contribution in [0.2, 0.25) is 0 Å². The lowest BCUT2D eigenvalue weighted by Gasteiger charge is -2.12. The van der Waals surface area contributed by atoms with E-state index in [1.165, 1.54) is 36.4 Å². The first-order valence-corrected chi connectivity index (χ1v) is 12.9. The Kier molecular flexibility index (Phi) is 8.49. The lowest BCUT2D eigenvalue weighted by molar-refractivity contribution is -0.0424. The molecule has 5 aromatic rings. The second kappa shape index (κ2) is 12.4. The fourth-order valence-electron chi connectivity index (χ4n) is 4.52. The fraction of sp³-hybridized carbons (Fsp3) is 0.194. The molecule has 0 aliphatic rings. The summed E-state index contributed by atoms with van der Waals surface area (Å²) in [6.07, 6.45) is -1.54. The maximum Gasteiger partial charge on any atom is 0.214 e. The number of rotatable bonds is 10. The van der Waals surface area contributed by atoms with Gasteiger partial charge >= 0.3 is 0 Å². The Morgan fingerprint density at radius 3 is 2.40 bits per heavy atom. The summed E-state index contributed by atoms with van der Waals surface area (Å²) >= 11 is 0. The highest BCUT2D eigenvalue weighted by atomic mass is 19.1. The van der Waals surface area contributed by atoms with Crippen LogP contribution in [0.3, 0.4) is 0 Å². The van der Waals surface area contributed by atoms with Gasteiger partial charge < -0.3 is 24.3 Å². The third kappa shape index (κ3) is 6.11. The molecule has 2 heterocycles. The Labute approximate surface area is 238 Å². The van der Waals surface area contributed by atoms with Crippen molar-refractivity contribution in [1.29, 1.82) is 5.26 Å². The normalized spacial score (nSPS) is 11.3. The molecule has 3 aromatic carbocycles. The van der Waals surface area contributed by atoms with Crippen LogP contribution in [-0.2, 0) is 24.3 Å². The van der Waals surface area contributed by atoms with Crippen molar-refractivity contribution in [1.82, 2.24) is 14.5 Å². The van der Waals surface area contributed by atoms with Gasteiger partial charge in [-0.2, -0.15) is 5.26 Å². The Hall–Kier alpha value is -4.76. The predicted molar refractivity (Wildman–Crippen MR) is 147 cm³/mol. The molecule has 214 valence electrons. The van der Waals surface area contributed by atoms with Crippen molar-refractivity contribution < 1.29 is 32.9 Å². The van der Waals surface area contributed by atoms with Crippen LogP contribution in [0.4, 0.5) is 13.2 Å². The highest BCUT2D eigenvalue weighted by molar-refractivity contribution is 5.77. The zero-order chi connectivity index (χ0) is 29.8. The van der Waals surface area contributed by atoms with Gasteiger partial charge in [-0.15, -0.1) is 0 Å². The summed E-state index contributed by atoms with van der Waals surface area (Å²) in [6, 6.07) is 17.3. The molecule has 0 bridgehead atoms. The first-order valence-electron chi connectivity index (χ1n) is 12.9. The number of fused-ring (bicyclic) bond motifs is 1. The molecular weight excluding hydrogens is 549 g/mol. The summed E-state index contributed by atoms with van der Waals surface area (Å²) < 4.78 is 56.9. The van der Waals surface area contributed by atoms with Crippen LogP contribution in [-0.4, -0.2) is 38.5 Å². The molecule has 5 rings (SSSR count). The number of nitrogens with zero attached hydrogens (tertiary/aromatic N) is 4. The van der Waals surface area contributed by atoms with E-state index in [1.807, 2.05) is 10.6 Å². The lowest BCUT2D eigenvalue weighted by atomic mass is 10.0. The lowest BCUT2D eigenvalue weighted by Crippen LogP contribution is -2.10. The minimum absolute atomic E-state index is 0.0128. The molecule has 0 amide bonds. The Morgan fingerprint density at radius 2 is 1.69 bits per heavy atom. The number of aromatic nitrogens is 3. The maximum absolute atomic E-state index is 15.4. The topological polar surface area (TPSA) is 113 Å². The summed E-state index contributed by atoms with van der Waals surface area (Å²) in [5.74, 6) is -1.36. The van der Waals surface area contributed by atoms with E-state index in [-0.39, 0.29) is 41.3 Å². The van der Waals surface area contributed by atoms with E-state index < -0.39 is 23.7 Å². The van der Waals surface area contributed by atoms with Gasteiger partial charge in [-0.05, 0) is 42.0 Å². The van der Waals surface area contributed by atoms with Crippen LogP contribution >= 0.6 is 0 Å². The Bertz CT molecular complexity index is 1800. The molecule has 0 spiro atoms.